The Balaban J connectivity index is 1.89. The summed E-state index contributed by atoms with van der Waals surface area (Å²) in [5, 5.41) is 3.16. The van der Waals surface area contributed by atoms with Crippen molar-refractivity contribution >= 4 is 5.91 Å². The van der Waals surface area contributed by atoms with Crippen molar-refractivity contribution in [3.8, 4) is 11.5 Å². The third kappa shape index (κ3) is 6.06. The van der Waals surface area contributed by atoms with Crippen LogP contribution < -0.4 is 14.8 Å². The Kier molecular flexibility index (Phi) is 5.79. The molecule has 0 spiro atoms. The molecule has 0 unspecified atom stereocenters. The molecule has 0 bridgehead atoms. The van der Waals surface area contributed by atoms with Crippen molar-refractivity contribution in [2.75, 3.05) is 13.2 Å². The van der Waals surface area contributed by atoms with E-state index in [9.17, 15) is 4.79 Å². The van der Waals surface area contributed by atoms with E-state index in [0.717, 1.165) is 29.9 Å². The zero-order valence-corrected chi connectivity index (χ0v) is 15.7. The molecule has 1 amide bonds. The predicted octanol–water partition coefficient (Wildman–Crippen LogP) is 4.11. The molecule has 0 saturated heterocycles. The van der Waals surface area contributed by atoms with E-state index in [2.05, 4.69) is 39.9 Å². The van der Waals surface area contributed by atoms with Crippen molar-refractivity contribution < 1.29 is 14.3 Å². The molecule has 1 heterocycles. The van der Waals surface area contributed by atoms with Crippen LogP contribution in [0.1, 0.15) is 59.4 Å². The molecule has 0 saturated carbocycles. The van der Waals surface area contributed by atoms with E-state index >= 15 is 0 Å². The van der Waals surface area contributed by atoms with Crippen LogP contribution in [0, 0.1) is 5.41 Å². The van der Waals surface area contributed by atoms with E-state index < -0.39 is 0 Å². The number of aryl methyl sites for hydroxylation is 1. The standard InChI is InChI=1S/C20H31NO3/c1-19(2,3)14-20(4,5)21-18(22)10-8-15-7-9-16-17(13-15)24-12-6-11-23-16/h7,9,13H,6,8,10-12,14H2,1-5H3,(H,21,22). The number of hydrogen-bond donors (Lipinski definition) is 1. The average Bonchev–Trinajstić information content (AvgIpc) is 2.66. The first-order valence-corrected chi connectivity index (χ1v) is 8.84. The largest absolute Gasteiger partial charge is 0.490 e. The fourth-order valence-corrected chi connectivity index (χ4v) is 3.43. The first-order chi connectivity index (χ1) is 11.1. The number of hydrogen-bond acceptors (Lipinski definition) is 3. The fourth-order valence-electron chi connectivity index (χ4n) is 3.43. The van der Waals surface area contributed by atoms with Crippen LogP contribution in [0.15, 0.2) is 18.2 Å². The topological polar surface area (TPSA) is 47.6 Å². The minimum absolute atomic E-state index is 0.0939. The van der Waals surface area contributed by atoms with Gasteiger partial charge in [0.25, 0.3) is 0 Å². The van der Waals surface area contributed by atoms with E-state index in [1.165, 1.54) is 0 Å². The number of benzene rings is 1. The van der Waals surface area contributed by atoms with E-state index in [0.29, 0.717) is 26.1 Å². The van der Waals surface area contributed by atoms with Crippen molar-refractivity contribution in [1.29, 1.82) is 0 Å². The molecular weight excluding hydrogens is 302 g/mol. The van der Waals surface area contributed by atoms with Gasteiger partial charge in [0.15, 0.2) is 11.5 Å². The van der Waals surface area contributed by atoms with Crippen molar-refractivity contribution in [1.82, 2.24) is 5.32 Å². The summed E-state index contributed by atoms with van der Waals surface area (Å²) in [6.07, 6.45) is 3.02. The fraction of sp³-hybridized carbons (Fsp3) is 0.650. The molecule has 2 rings (SSSR count). The van der Waals surface area contributed by atoms with Gasteiger partial charge in [-0.1, -0.05) is 26.8 Å². The molecule has 0 fully saturated rings. The third-order valence-electron chi connectivity index (χ3n) is 3.90. The lowest BCUT2D eigenvalue weighted by molar-refractivity contribution is -0.122. The zero-order chi connectivity index (χ0) is 17.8. The van der Waals surface area contributed by atoms with Crippen molar-refractivity contribution in [2.24, 2.45) is 5.41 Å². The summed E-state index contributed by atoms with van der Waals surface area (Å²) in [5.74, 6) is 1.68. The van der Waals surface area contributed by atoms with Crippen LogP contribution in [0.5, 0.6) is 11.5 Å². The molecule has 4 nitrogen and oxygen atoms in total. The van der Waals surface area contributed by atoms with E-state index in [1.54, 1.807) is 0 Å². The Bertz CT molecular complexity index is 573. The summed E-state index contributed by atoms with van der Waals surface area (Å²) in [5.41, 5.74) is 1.09. The maximum atomic E-state index is 12.3. The highest BCUT2D eigenvalue weighted by atomic mass is 16.5. The summed E-state index contributed by atoms with van der Waals surface area (Å²) < 4.78 is 11.3. The first kappa shape index (κ1) is 18.6. The van der Waals surface area contributed by atoms with Gasteiger partial charge in [-0.3, -0.25) is 4.79 Å². The molecule has 1 aromatic carbocycles. The minimum atomic E-state index is -0.194. The molecule has 4 heteroatoms. The third-order valence-corrected chi connectivity index (χ3v) is 3.90. The molecule has 1 aromatic rings. The van der Waals surface area contributed by atoms with Gasteiger partial charge in [0, 0.05) is 18.4 Å². The molecular formula is C20H31NO3. The highest BCUT2D eigenvalue weighted by Gasteiger charge is 2.26. The summed E-state index contributed by atoms with van der Waals surface area (Å²) in [6, 6.07) is 5.95. The number of carbonyl (C=O) groups is 1. The van der Waals surface area contributed by atoms with E-state index in [-0.39, 0.29) is 16.9 Å². The Morgan fingerprint density at radius 3 is 2.42 bits per heavy atom. The average molecular weight is 333 g/mol. The van der Waals surface area contributed by atoms with Crippen molar-refractivity contribution in [2.45, 2.75) is 65.8 Å². The predicted molar refractivity (Wildman–Crippen MR) is 96.7 cm³/mol. The summed E-state index contributed by atoms with van der Waals surface area (Å²) >= 11 is 0. The molecule has 0 aliphatic carbocycles. The van der Waals surface area contributed by atoms with Crippen molar-refractivity contribution in [3.05, 3.63) is 23.8 Å². The van der Waals surface area contributed by atoms with Gasteiger partial charge in [0.1, 0.15) is 0 Å². The maximum absolute atomic E-state index is 12.3. The first-order valence-electron chi connectivity index (χ1n) is 8.84. The number of nitrogens with one attached hydrogen (secondary N) is 1. The lowest BCUT2D eigenvalue weighted by Gasteiger charge is -2.33. The highest BCUT2D eigenvalue weighted by molar-refractivity contribution is 5.77. The second-order valence-corrected chi connectivity index (χ2v) is 8.50. The van der Waals surface area contributed by atoms with Crippen LogP contribution in [0.2, 0.25) is 0 Å². The van der Waals surface area contributed by atoms with Crippen LogP contribution in [-0.2, 0) is 11.2 Å². The maximum Gasteiger partial charge on any atom is 0.220 e. The number of rotatable bonds is 5. The molecule has 1 aliphatic heterocycles. The Morgan fingerprint density at radius 1 is 1.08 bits per heavy atom. The lowest BCUT2D eigenvalue weighted by atomic mass is 9.81. The van der Waals surface area contributed by atoms with Gasteiger partial charge in [-0.25, -0.2) is 0 Å². The van der Waals surface area contributed by atoms with Gasteiger partial charge in [-0.2, -0.15) is 0 Å². The van der Waals surface area contributed by atoms with Crippen LogP contribution in [-0.4, -0.2) is 24.7 Å². The number of fused-ring (bicyclic) bond motifs is 1. The van der Waals surface area contributed by atoms with Crippen molar-refractivity contribution in [3.63, 3.8) is 0 Å². The van der Waals surface area contributed by atoms with Crippen LogP contribution in [0.4, 0.5) is 0 Å². The monoisotopic (exact) mass is 333 g/mol. The van der Waals surface area contributed by atoms with Gasteiger partial charge >= 0.3 is 0 Å². The van der Waals surface area contributed by atoms with E-state index in [4.69, 9.17) is 9.47 Å². The smallest absolute Gasteiger partial charge is 0.220 e. The van der Waals surface area contributed by atoms with Crippen LogP contribution >= 0.6 is 0 Å². The number of carbonyl (C=O) groups excluding carboxylic acids is 1. The summed E-state index contributed by atoms with van der Waals surface area (Å²) in [4.78, 5) is 12.3. The SMILES string of the molecule is CC(C)(C)CC(C)(C)NC(=O)CCc1ccc2c(c1)OCCCO2. The molecule has 1 aliphatic rings. The second-order valence-electron chi connectivity index (χ2n) is 8.50. The Hall–Kier alpha value is -1.71. The lowest BCUT2D eigenvalue weighted by Crippen LogP contribution is -2.45. The van der Waals surface area contributed by atoms with Crippen LogP contribution in [0.3, 0.4) is 0 Å². The van der Waals surface area contributed by atoms with E-state index in [1.807, 2.05) is 18.2 Å². The Labute approximate surface area is 145 Å². The normalized spacial score (nSPS) is 14.9. The Morgan fingerprint density at radius 2 is 1.75 bits per heavy atom. The number of amides is 1. The zero-order valence-electron chi connectivity index (χ0n) is 15.7. The molecule has 24 heavy (non-hydrogen) atoms. The number of ether oxygens (including phenoxy) is 2. The van der Waals surface area contributed by atoms with Crippen LogP contribution in [0.25, 0.3) is 0 Å². The van der Waals surface area contributed by atoms with Gasteiger partial charge in [0.2, 0.25) is 5.91 Å². The summed E-state index contributed by atoms with van der Waals surface area (Å²) in [6.45, 7) is 12.1. The molecule has 1 N–H and O–H groups in total. The van der Waals surface area contributed by atoms with Gasteiger partial charge in [-0.15, -0.1) is 0 Å². The summed E-state index contributed by atoms with van der Waals surface area (Å²) in [7, 11) is 0. The molecule has 0 aromatic heterocycles. The van der Waals surface area contributed by atoms with Gasteiger partial charge in [0.05, 0.1) is 13.2 Å². The van der Waals surface area contributed by atoms with Gasteiger partial charge < -0.3 is 14.8 Å². The molecule has 134 valence electrons. The highest BCUT2D eigenvalue weighted by Crippen LogP contribution is 2.31. The quantitative estimate of drug-likeness (QED) is 0.882. The minimum Gasteiger partial charge on any atom is -0.490 e. The second kappa shape index (κ2) is 7.45. The molecule has 0 radical (unpaired) electrons. The molecule has 0 atom stereocenters. The van der Waals surface area contributed by atoms with Gasteiger partial charge in [-0.05, 0) is 49.8 Å².